The summed E-state index contributed by atoms with van der Waals surface area (Å²) >= 11 is 5.82. The minimum Gasteiger partial charge on any atom is -0.506 e. The number of carbonyl (C=O) groups excluding carboxylic acids is 1. The van der Waals surface area contributed by atoms with Crippen LogP contribution < -0.4 is 10.5 Å². The van der Waals surface area contributed by atoms with Crippen LogP contribution in [-0.4, -0.2) is 24.0 Å². The third kappa shape index (κ3) is 3.21. The maximum absolute atomic E-state index is 12.6. The van der Waals surface area contributed by atoms with Gasteiger partial charge in [0.1, 0.15) is 5.75 Å². The lowest BCUT2D eigenvalue weighted by Crippen LogP contribution is -2.16. The molecule has 7 nitrogen and oxygen atoms in total. The van der Waals surface area contributed by atoms with Crippen molar-refractivity contribution in [3.05, 3.63) is 53.2 Å². The number of hydrogen-bond acceptors (Lipinski definition) is 4. The fraction of sp³-hybridized carbons (Fsp3) is 0.118. The van der Waals surface area contributed by atoms with Gasteiger partial charge in [-0.05, 0) is 43.3 Å². The molecule has 1 aromatic heterocycles. The summed E-state index contributed by atoms with van der Waals surface area (Å²) in [4.78, 5) is 11.1. The third-order valence-electron chi connectivity index (χ3n) is 3.98. The van der Waals surface area contributed by atoms with Crippen LogP contribution in [0.5, 0.6) is 5.75 Å². The van der Waals surface area contributed by atoms with Crippen molar-refractivity contribution in [1.82, 2.24) is 4.57 Å². The summed E-state index contributed by atoms with van der Waals surface area (Å²) in [6.45, 7) is 2.82. The van der Waals surface area contributed by atoms with Gasteiger partial charge in [-0.2, -0.15) is 0 Å². The SMILES string of the molecule is CCn1ccc2cc(NS(=O)(=O)c3cc(Cl)c(O)c(C(N)=O)c3)ccc21. The Bertz CT molecular complexity index is 1120. The summed E-state index contributed by atoms with van der Waals surface area (Å²) in [7, 11) is -4.04. The first kappa shape index (κ1) is 18.1. The van der Waals surface area contributed by atoms with E-state index in [1.807, 2.05) is 29.8 Å². The molecule has 0 bridgehead atoms. The van der Waals surface area contributed by atoms with E-state index in [1.165, 1.54) is 0 Å². The molecule has 0 saturated heterocycles. The molecule has 0 aliphatic carbocycles. The van der Waals surface area contributed by atoms with E-state index in [2.05, 4.69) is 4.72 Å². The van der Waals surface area contributed by atoms with Crippen molar-refractivity contribution in [2.75, 3.05) is 4.72 Å². The summed E-state index contributed by atoms with van der Waals surface area (Å²) in [5, 5.41) is 10.3. The van der Waals surface area contributed by atoms with E-state index >= 15 is 0 Å². The Kier molecular flexibility index (Phi) is 4.55. The number of aromatic hydroxyl groups is 1. The molecule has 0 unspecified atom stereocenters. The zero-order chi connectivity index (χ0) is 19.1. The maximum Gasteiger partial charge on any atom is 0.261 e. The van der Waals surface area contributed by atoms with Gasteiger partial charge in [-0.25, -0.2) is 8.42 Å². The van der Waals surface area contributed by atoms with Gasteiger partial charge in [0.2, 0.25) is 0 Å². The van der Waals surface area contributed by atoms with Gasteiger partial charge in [-0.3, -0.25) is 9.52 Å². The highest BCUT2D eigenvalue weighted by atomic mass is 35.5. The molecule has 3 aromatic rings. The number of rotatable bonds is 5. The number of phenols is 1. The molecule has 0 saturated carbocycles. The third-order valence-corrected chi connectivity index (χ3v) is 5.63. The largest absolute Gasteiger partial charge is 0.506 e. The van der Waals surface area contributed by atoms with E-state index in [0.29, 0.717) is 5.69 Å². The Labute approximate surface area is 155 Å². The lowest BCUT2D eigenvalue weighted by Gasteiger charge is -2.11. The van der Waals surface area contributed by atoms with Crippen LogP contribution in [0.3, 0.4) is 0 Å². The summed E-state index contributed by atoms with van der Waals surface area (Å²) in [6.07, 6.45) is 1.92. The minimum atomic E-state index is -4.04. The number of nitrogens with zero attached hydrogens (tertiary/aromatic N) is 1. The molecule has 4 N–H and O–H groups in total. The quantitative estimate of drug-likeness (QED) is 0.618. The predicted octanol–water partition coefficient (Wildman–Crippen LogP) is 2.92. The van der Waals surface area contributed by atoms with Crippen molar-refractivity contribution in [2.45, 2.75) is 18.4 Å². The smallest absolute Gasteiger partial charge is 0.261 e. The van der Waals surface area contributed by atoms with Crippen molar-refractivity contribution < 1.29 is 18.3 Å². The lowest BCUT2D eigenvalue weighted by atomic mass is 10.2. The lowest BCUT2D eigenvalue weighted by molar-refractivity contribution is 0.0997. The fourth-order valence-electron chi connectivity index (χ4n) is 2.67. The molecule has 9 heteroatoms. The number of sulfonamides is 1. The van der Waals surface area contributed by atoms with Crippen LogP contribution in [0.25, 0.3) is 10.9 Å². The van der Waals surface area contributed by atoms with Crippen molar-refractivity contribution >= 4 is 44.1 Å². The number of aromatic nitrogens is 1. The Balaban J connectivity index is 2.00. The van der Waals surface area contributed by atoms with Crippen molar-refractivity contribution in [3.8, 4) is 5.75 Å². The molecule has 1 heterocycles. The van der Waals surface area contributed by atoms with Crippen LogP contribution in [0.4, 0.5) is 5.69 Å². The van der Waals surface area contributed by atoms with Gasteiger partial charge in [0, 0.05) is 29.3 Å². The molecule has 0 aliphatic heterocycles. The summed E-state index contributed by atoms with van der Waals surface area (Å²) in [5.74, 6) is -1.54. The van der Waals surface area contributed by atoms with Gasteiger partial charge in [0.15, 0.2) is 0 Å². The van der Waals surface area contributed by atoms with Gasteiger partial charge >= 0.3 is 0 Å². The molecule has 3 rings (SSSR count). The molecule has 0 spiro atoms. The molecule has 0 aliphatic rings. The molecule has 0 fully saturated rings. The number of primary amides is 1. The molecule has 0 atom stereocenters. The number of fused-ring (bicyclic) bond motifs is 1. The van der Waals surface area contributed by atoms with Crippen molar-refractivity contribution in [1.29, 1.82) is 0 Å². The highest BCUT2D eigenvalue weighted by Gasteiger charge is 2.21. The van der Waals surface area contributed by atoms with E-state index in [-0.39, 0.29) is 15.5 Å². The molecule has 2 aromatic carbocycles. The van der Waals surface area contributed by atoms with E-state index in [4.69, 9.17) is 17.3 Å². The number of hydrogen-bond donors (Lipinski definition) is 3. The highest BCUT2D eigenvalue weighted by molar-refractivity contribution is 7.92. The molecular weight excluding hydrogens is 378 g/mol. The van der Waals surface area contributed by atoms with Crippen LogP contribution in [0.2, 0.25) is 5.02 Å². The number of carbonyl (C=O) groups is 1. The molecule has 1 amide bonds. The van der Waals surface area contributed by atoms with Crippen LogP contribution >= 0.6 is 11.6 Å². The van der Waals surface area contributed by atoms with Crippen molar-refractivity contribution in [3.63, 3.8) is 0 Å². The number of nitrogens with two attached hydrogens (primary N) is 1. The zero-order valence-corrected chi connectivity index (χ0v) is 15.3. The van der Waals surface area contributed by atoms with E-state index in [9.17, 15) is 18.3 Å². The fourth-order valence-corrected chi connectivity index (χ4v) is 4.06. The number of amides is 1. The second kappa shape index (κ2) is 6.54. The van der Waals surface area contributed by atoms with Gasteiger partial charge < -0.3 is 15.4 Å². The summed E-state index contributed by atoms with van der Waals surface area (Å²) < 4.78 is 29.7. The zero-order valence-electron chi connectivity index (χ0n) is 13.7. The maximum atomic E-state index is 12.6. The van der Waals surface area contributed by atoms with Gasteiger partial charge in [-0.1, -0.05) is 11.6 Å². The minimum absolute atomic E-state index is 0.277. The topological polar surface area (TPSA) is 114 Å². The molecule has 0 radical (unpaired) electrons. The average Bonchev–Trinajstić information content (AvgIpc) is 2.98. The number of aryl methyl sites for hydroxylation is 1. The number of halogens is 1. The van der Waals surface area contributed by atoms with E-state index < -0.39 is 21.7 Å². The van der Waals surface area contributed by atoms with Crippen LogP contribution in [0.15, 0.2) is 47.5 Å². The van der Waals surface area contributed by atoms with Gasteiger partial charge in [0.05, 0.1) is 15.5 Å². The first-order chi connectivity index (χ1) is 12.2. The molecular formula is C17H16ClN3O4S. The normalized spacial score (nSPS) is 11.6. The highest BCUT2D eigenvalue weighted by Crippen LogP contribution is 2.31. The van der Waals surface area contributed by atoms with Gasteiger partial charge in [-0.15, -0.1) is 0 Å². The van der Waals surface area contributed by atoms with Crippen LogP contribution in [0.1, 0.15) is 17.3 Å². The number of nitrogens with one attached hydrogen (secondary N) is 1. The Morgan fingerprint density at radius 1 is 1.27 bits per heavy atom. The monoisotopic (exact) mass is 393 g/mol. The Hall–Kier alpha value is -2.71. The second-order valence-corrected chi connectivity index (χ2v) is 7.74. The molecule has 136 valence electrons. The first-order valence-electron chi connectivity index (χ1n) is 7.67. The summed E-state index contributed by atoms with van der Waals surface area (Å²) in [6, 6.07) is 9.09. The summed E-state index contributed by atoms with van der Waals surface area (Å²) in [5.41, 5.74) is 6.13. The van der Waals surface area contributed by atoms with Gasteiger partial charge in [0.25, 0.3) is 15.9 Å². The Morgan fingerprint density at radius 2 is 2.00 bits per heavy atom. The molecule has 26 heavy (non-hydrogen) atoms. The predicted molar refractivity (Wildman–Crippen MR) is 100 cm³/mol. The standard InChI is InChI=1S/C17H16ClN3O4S/c1-2-21-6-5-10-7-11(3-4-15(10)21)20-26(24,25)12-8-13(17(19)23)16(22)14(18)9-12/h3-9,20,22H,2H2,1H3,(H2,19,23). The van der Waals surface area contributed by atoms with E-state index in [1.54, 1.807) is 12.1 Å². The number of benzene rings is 2. The van der Waals surface area contributed by atoms with Crippen LogP contribution in [0, 0.1) is 0 Å². The second-order valence-electron chi connectivity index (χ2n) is 5.65. The number of anilines is 1. The van der Waals surface area contributed by atoms with Crippen molar-refractivity contribution in [2.24, 2.45) is 5.73 Å². The first-order valence-corrected chi connectivity index (χ1v) is 9.53. The van der Waals surface area contributed by atoms with E-state index in [0.717, 1.165) is 29.6 Å². The van der Waals surface area contributed by atoms with Crippen LogP contribution in [-0.2, 0) is 16.6 Å². The average molecular weight is 394 g/mol. The Morgan fingerprint density at radius 3 is 2.65 bits per heavy atom.